The Bertz CT molecular complexity index is 1120. The number of amides is 1. The van der Waals surface area contributed by atoms with Gasteiger partial charge in [0.05, 0.1) is 19.3 Å². The fourth-order valence-corrected chi connectivity index (χ4v) is 2.96. The van der Waals surface area contributed by atoms with Crippen LogP contribution in [0.1, 0.15) is 23.0 Å². The topological polar surface area (TPSA) is 78.3 Å². The predicted molar refractivity (Wildman–Crippen MR) is 118 cm³/mol. The fourth-order valence-electron chi connectivity index (χ4n) is 2.96. The largest absolute Gasteiger partial charge is 0.494 e. The highest BCUT2D eigenvalue weighted by Crippen LogP contribution is 2.25. The van der Waals surface area contributed by atoms with E-state index in [9.17, 15) is 4.79 Å². The van der Waals surface area contributed by atoms with E-state index >= 15 is 0 Å². The first-order valence-electron chi connectivity index (χ1n) is 9.96. The average Bonchev–Trinajstić information content (AvgIpc) is 3.26. The summed E-state index contributed by atoms with van der Waals surface area (Å²) in [6.07, 6.45) is 1.63. The van der Waals surface area contributed by atoms with Crippen LogP contribution in [-0.2, 0) is 6.54 Å². The quantitative estimate of drug-likeness (QED) is 0.449. The summed E-state index contributed by atoms with van der Waals surface area (Å²) < 4.78 is 12.9. The summed E-state index contributed by atoms with van der Waals surface area (Å²) in [6, 6.07) is 24.4. The third-order valence-electron chi connectivity index (χ3n) is 4.44. The van der Waals surface area contributed by atoms with Crippen LogP contribution >= 0.6 is 0 Å². The lowest BCUT2D eigenvalue weighted by molar-refractivity contribution is 0.102. The molecule has 0 bridgehead atoms. The molecule has 156 valence electrons. The maximum atomic E-state index is 12.5. The lowest BCUT2D eigenvalue weighted by Crippen LogP contribution is -2.12. The molecule has 7 heteroatoms. The number of hydrogen-bond donors (Lipinski definition) is 1. The Morgan fingerprint density at radius 1 is 0.903 bits per heavy atom. The number of carbonyl (C=O) groups is 1. The van der Waals surface area contributed by atoms with Crippen molar-refractivity contribution in [2.75, 3.05) is 11.9 Å². The lowest BCUT2D eigenvalue weighted by Gasteiger charge is -2.08. The fraction of sp³-hybridized carbons (Fsp3) is 0.125. The number of carbonyl (C=O) groups excluding carboxylic acids is 1. The molecular weight excluding hydrogens is 392 g/mol. The van der Waals surface area contributed by atoms with E-state index in [4.69, 9.17) is 9.47 Å². The monoisotopic (exact) mass is 414 g/mol. The van der Waals surface area contributed by atoms with Gasteiger partial charge in [-0.1, -0.05) is 35.5 Å². The summed E-state index contributed by atoms with van der Waals surface area (Å²) >= 11 is 0. The molecule has 0 unspecified atom stereocenters. The number of hydrogen-bond acceptors (Lipinski definition) is 5. The molecule has 0 saturated carbocycles. The number of benzene rings is 3. The van der Waals surface area contributed by atoms with E-state index in [1.165, 1.54) is 0 Å². The van der Waals surface area contributed by atoms with Crippen LogP contribution in [0.4, 0.5) is 5.69 Å². The van der Waals surface area contributed by atoms with Crippen molar-refractivity contribution in [3.63, 3.8) is 0 Å². The maximum absolute atomic E-state index is 12.5. The van der Waals surface area contributed by atoms with Crippen molar-refractivity contribution in [2.45, 2.75) is 13.5 Å². The van der Waals surface area contributed by atoms with E-state index in [0.29, 0.717) is 30.3 Å². The number of rotatable bonds is 8. The third-order valence-corrected chi connectivity index (χ3v) is 4.44. The number of anilines is 1. The zero-order chi connectivity index (χ0) is 21.5. The number of nitrogens with one attached hydrogen (secondary N) is 1. The van der Waals surface area contributed by atoms with Crippen molar-refractivity contribution in [3.05, 3.63) is 96.3 Å². The zero-order valence-electron chi connectivity index (χ0n) is 17.1. The second-order valence-corrected chi connectivity index (χ2v) is 6.77. The predicted octanol–water partition coefficient (Wildman–Crippen LogP) is 4.77. The molecule has 0 atom stereocenters. The van der Waals surface area contributed by atoms with Gasteiger partial charge in [0.15, 0.2) is 5.69 Å². The molecule has 4 aromatic rings. The molecule has 7 nitrogen and oxygen atoms in total. The molecule has 1 aromatic heterocycles. The Morgan fingerprint density at radius 3 is 2.23 bits per heavy atom. The second kappa shape index (κ2) is 9.58. The van der Waals surface area contributed by atoms with Crippen molar-refractivity contribution in [2.24, 2.45) is 0 Å². The van der Waals surface area contributed by atoms with Gasteiger partial charge in [-0.05, 0) is 61.0 Å². The summed E-state index contributed by atoms with van der Waals surface area (Å²) in [4.78, 5) is 12.5. The Hall–Kier alpha value is -4.13. The van der Waals surface area contributed by atoms with Crippen LogP contribution in [0.2, 0.25) is 0 Å². The molecule has 0 saturated heterocycles. The summed E-state index contributed by atoms with van der Waals surface area (Å²) in [7, 11) is 0. The van der Waals surface area contributed by atoms with Crippen LogP contribution in [0.5, 0.6) is 17.2 Å². The third kappa shape index (κ3) is 5.48. The maximum Gasteiger partial charge on any atom is 0.277 e. The van der Waals surface area contributed by atoms with E-state index < -0.39 is 0 Å². The first-order chi connectivity index (χ1) is 15.2. The number of aromatic nitrogens is 3. The Kier molecular flexibility index (Phi) is 6.23. The van der Waals surface area contributed by atoms with Crippen molar-refractivity contribution in [1.29, 1.82) is 0 Å². The van der Waals surface area contributed by atoms with Crippen molar-refractivity contribution >= 4 is 11.6 Å². The van der Waals surface area contributed by atoms with E-state index in [1.54, 1.807) is 35.1 Å². The van der Waals surface area contributed by atoms with Gasteiger partial charge in [0.1, 0.15) is 17.2 Å². The van der Waals surface area contributed by atoms with E-state index in [1.807, 2.05) is 61.5 Å². The Morgan fingerprint density at radius 2 is 1.55 bits per heavy atom. The van der Waals surface area contributed by atoms with Crippen molar-refractivity contribution in [3.8, 4) is 17.2 Å². The Balaban J connectivity index is 1.34. The smallest absolute Gasteiger partial charge is 0.277 e. The van der Waals surface area contributed by atoms with Crippen LogP contribution in [0.25, 0.3) is 0 Å². The minimum atomic E-state index is -0.320. The van der Waals surface area contributed by atoms with Gasteiger partial charge in [-0.15, -0.1) is 5.10 Å². The molecule has 4 rings (SSSR count). The van der Waals surface area contributed by atoms with Crippen LogP contribution in [0, 0.1) is 0 Å². The standard InChI is InChI=1S/C24H22N4O3/c1-2-30-20-12-14-22(15-13-20)31-21-10-8-19(9-11-21)25-24(29)23-17-28(27-26-23)16-18-6-4-3-5-7-18/h3-15,17H,2,16H2,1H3,(H,25,29). The number of ether oxygens (including phenoxy) is 2. The molecule has 0 aliphatic rings. The summed E-state index contributed by atoms with van der Waals surface area (Å²) in [5, 5.41) is 10.8. The lowest BCUT2D eigenvalue weighted by atomic mass is 10.2. The molecule has 3 aromatic carbocycles. The first-order valence-corrected chi connectivity index (χ1v) is 9.96. The molecule has 0 aliphatic carbocycles. The average molecular weight is 414 g/mol. The SMILES string of the molecule is CCOc1ccc(Oc2ccc(NC(=O)c3cn(Cc4ccccc4)nn3)cc2)cc1. The van der Waals surface area contributed by atoms with Gasteiger partial charge < -0.3 is 14.8 Å². The second-order valence-electron chi connectivity index (χ2n) is 6.77. The normalized spacial score (nSPS) is 10.5. The van der Waals surface area contributed by atoms with Gasteiger partial charge in [-0.3, -0.25) is 4.79 Å². The highest BCUT2D eigenvalue weighted by Gasteiger charge is 2.11. The van der Waals surface area contributed by atoms with Crippen molar-refractivity contribution < 1.29 is 14.3 Å². The van der Waals surface area contributed by atoms with Gasteiger partial charge in [-0.25, -0.2) is 4.68 Å². The molecular formula is C24H22N4O3. The van der Waals surface area contributed by atoms with Crippen LogP contribution in [0.15, 0.2) is 85.1 Å². The highest BCUT2D eigenvalue weighted by molar-refractivity contribution is 6.02. The van der Waals surface area contributed by atoms with E-state index in [0.717, 1.165) is 11.3 Å². The molecule has 0 radical (unpaired) electrons. The molecule has 1 N–H and O–H groups in total. The van der Waals surface area contributed by atoms with Crippen LogP contribution < -0.4 is 14.8 Å². The van der Waals surface area contributed by atoms with Gasteiger partial charge >= 0.3 is 0 Å². The molecule has 31 heavy (non-hydrogen) atoms. The van der Waals surface area contributed by atoms with Crippen LogP contribution in [-0.4, -0.2) is 27.5 Å². The van der Waals surface area contributed by atoms with Crippen LogP contribution in [0.3, 0.4) is 0 Å². The minimum Gasteiger partial charge on any atom is -0.494 e. The summed E-state index contributed by atoms with van der Waals surface area (Å²) in [5.41, 5.74) is 1.98. The van der Waals surface area contributed by atoms with Gasteiger partial charge in [0.2, 0.25) is 0 Å². The van der Waals surface area contributed by atoms with Gasteiger partial charge in [0.25, 0.3) is 5.91 Å². The van der Waals surface area contributed by atoms with Gasteiger partial charge in [-0.2, -0.15) is 0 Å². The zero-order valence-corrected chi connectivity index (χ0v) is 17.1. The number of nitrogens with zero attached hydrogens (tertiary/aromatic N) is 3. The first kappa shape index (κ1) is 20.2. The van der Waals surface area contributed by atoms with E-state index in [-0.39, 0.29) is 11.6 Å². The highest BCUT2D eigenvalue weighted by atomic mass is 16.5. The molecule has 1 amide bonds. The minimum absolute atomic E-state index is 0.255. The molecule has 0 fully saturated rings. The Labute approximate surface area is 180 Å². The molecule has 0 aliphatic heterocycles. The summed E-state index contributed by atoms with van der Waals surface area (Å²) in [5.74, 6) is 1.85. The molecule has 0 spiro atoms. The van der Waals surface area contributed by atoms with Crippen molar-refractivity contribution in [1.82, 2.24) is 15.0 Å². The van der Waals surface area contributed by atoms with Gasteiger partial charge in [0, 0.05) is 5.69 Å². The molecule has 1 heterocycles. The summed E-state index contributed by atoms with van der Waals surface area (Å²) in [6.45, 7) is 3.12. The van der Waals surface area contributed by atoms with E-state index in [2.05, 4.69) is 15.6 Å².